The second kappa shape index (κ2) is 1.70. The van der Waals surface area contributed by atoms with Crippen LogP contribution in [0.15, 0.2) is 12.2 Å². The molecule has 2 atom stereocenters. The summed E-state index contributed by atoms with van der Waals surface area (Å²) in [6.07, 6.45) is 5.20. The molecule has 2 nitrogen and oxygen atoms in total. The van der Waals surface area contributed by atoms with Crippen molar-refractivity contribution in [1.29, 1.82) is 0 Å². The molecule has 0 aromatic heterocycles. The highest BCUT2D eigenvalue weighted by molar-refractivity contribution is 5.82. The third-order valence-corrected chi connectivity index (χ3v) is 2.06. The van der Waals surface area contributed by atoms with Crippen molar-refractivity contribution in [3.8, 4) is 0 Å². The second-order valence-electron chi connectivity index (χ2n) is 3.25. The molecule has 0 aromatic rings. The van der Waals surface area contributed by atoms with E-state index in [1.807, 2.05) is 19.1 Å². The maximum absolute atomic E-state index is 11.0. The Labute approximate surface area is 59.9 Å². The fourth-order valence-corrected chi connectivity index (χ4v) is 1.63. The summed E-state index contributed by atoms with van der Waals surface area (Å²) in [5.41, 5.74) is -0.264. The molecule has 0 radical (unpaired) electrons. The average molecular weight is 138 g/mol. The summed E-state index contributed by atoms with van der Waals surface area (Å²) in [5, 5.41) is 0. The fourth-order valence-electron chi connectivity index (χ4n) is 1.63. The lowest BCUT2D eigenvalue weighted by atomic mass is 9.97. The molecule has 1 fully saturated rings. The maximum Gasteiger partial charge on any atom is 0.139 e. The van der Waals surface area contributed by atoms with Gasteiger partial charge in [-0.15, -0.1) is 0 Å². The Bertz CT molecular complexity index is 207. The first-order valence-electron chi connectivity index (χ1n) is 3.57. The molecule has 0 N–H and O–H groups in total. The Balaban J connectivity index is 2.27. The summed E-state index contributed by atoms with van der Waals surface area (Å²) >= 11 is 0. The molecule has 54 valence electrons. The van der Waals surface area contributed by atoms with Gasteiger partial charge in [0.25, 0.3) is 0 Å². The van der Waals surface area contributed by atoms with Crippen molar-refractivity contribution in [2.45, 2.75) is 31.5 Å². The largest absolute Gasteiger partial charge is 0.363 e. The Morgan fingerprint density at radius 2 is 2.60 bits per heavy atom. The van der Waals surface area contributed by atoms with E-state index < -0.39 is 0 Å². The molecule has 2 aliphatic heterocycles. The van der Waals surface area contributed by atoms with Crippen LogP contribution in [0.4, 0.5) is 0 Å². The predicted octanol–water partition coefficient (Wildman–Crippen LogP) is 1.06. The van der Waals surface area contributed by atoms with Crippen LogP contribution in [-0.2, 0) is 9.53 Å². The number of Topliss-reactive ketones (excluding diaryl/α,β-unsaturated/α-hetero) is 1. The van der Waals surface area contributed by atoms with Crippen LogP contribution in [-0.4, -0.2) is 17.5 Å². The summed E-state index contributed by atoms with van der Waals surface area (Å²) in [7, 11) is 0. The van der Waals surface area contributed by atoms with Crippen LogP contribution in [0.5, 0.6) is 0 Å². The molecule has 2 heteroatoms. The molecule has 2 bridgehead atoms. The fraction of sp³-hybridized carbons (Fsp3) is 0.625. The van der Waals surface area contributed by atoms with Crippen LogP contribution in [0.3, 0.4) is 0 Å². The van der Waals surface area contributed by atoms with Gasteiger partial charge < -0.3 is 4.74 Å². The lowest BCUT2D eigenvalue weighted by Gasteiger charge is -2.28. The van der Waals surface area contributed by atoms with Gasteiger partial charge in [-0.2, -0.15) is 0 Å². The number of carbonyl (C=O) groups excluding carboxylic acids is 1. The van der Waals surface area contributed by atoms with Gasteiger partial charge in [-0.3, -0.25) is 4.79 Å². The topological polar surface area (TPSA) is 26.3 Å². The molecule has 2 heterocycles. The zero-order chi connectivity index (χ0) is 7.19. The minimum atomic E-state index is -0.264. The van der Waals surface area contributed by atoms with Crippen LogP contribution in [0, 0.1) is 0 Å². The molecule has 1 saturated heterocycles. The molecule has 2 rings (SSSR count). The number of carbonyl (C=O) groups is 1. The highest BCUT2D eigenvalue weighted by Gasteiger charge is 2.38. The van der Waals surface area contributed by atoms with Crippen LogP contribution < -0.4 is 0 Å². The molecular weight excluding hydrogens is 128 g/mol. The number of ether oxygens (including phenoxy) is 1. The van der Waals surface area contributed by atoms with Gasteiger partial charge in [-0.25, -0.2) is 0 Å². The first kappa shape index (κ1) is 6.10. The van der Waals surface area contributed by atoms with Crippen LogP contribution in [0.2, 0.25) is 0 Å². The molecular formula is C8H10O2. The molecule has 0 saturated carbocycles. The van der Waals surface area contributed by atoms with Crippen LogP contribution in [0.1, 0.15) is 19.8 Å². The zero-order valence-electron chi connectivity index (χ0n) is 5.96. The number of fused-ring (bicyclic) bond motifs is 2. The van der Waals surface area contributed by atoms with Crippen molar-refractivity contribution in [2.24, 2.45) is 0 Å². The number of rotatable bonds is 0. The average Bonchev–Trinajstić information content (AvgIpc) is 2.06. The Kier molecular flexibility index (Phi) is 1.04. The summed E-state index contributed by atoms with van der Waals surface area (Å²) in [5.74, 6) is 0.323. The van der Waals surface area contributed by atoms with E-state index in [9.17, 15) is 4.79 Å². The first-order valence-corrected chi connectivity index (χ1v) is 3.57. The predicted molar refractivity (Wildman–Crippen MR) is 36.7 cm³/mol. The van der Waals surface area contributed by atoms with Crippen LogP contribution in [0.25, 0.3) is 0 Å². The molecule has 0 aromatic carbocycles. The van der Waals surface area contributed by atoms with E-state index >= 15 is 0 Å². The first-order chi connectivity index (χ1) is 4.68. The molecule has 0 amide bonds. The Morgan fingerprint density at radius 3 is 3.30 bits per heavy atom. The Morgan fingerprint density at radius 1 is 1.80 bits per heavy atom. The lowest BCUT2D eigenvalue weighted by Crippen LogP contribution is -2.35. The highest BCUT2D eigenvalue weighted by atomic mass is 16.5. The van der Waals surface area contributed by atoms with Crippen molar-refractivity contribution in [3.05, 3.63) is 12.2 Å². The normalized spacial score (nSPS) is 44.5. The van der Waals surface area contributed by atoms with E-state index in [1.54, 1.807) is 0 Å². The van der Waals surface area contributed by atoms with Gasteiger partial charge in [0, 0.05) is 12.8 Å². The van der Waals surface area contributed by atoms with Gasteiger partial charge in [0.2, 0.25) is 0 Å². The summed E-state index contributed by atoms with van der Waals surface area (Å²) < 4.78 is 5.52. The van der Waals surface area contributed by atoms with E-state index in [-0.39, 0.29) is 11.7 Å². The highest BCUT2D eigenvalue weighted by Crippen LogP contribution is 2.33. The molecule has 2 aliphatic rings. The number of ketones is 1. The van der Waals surface area contributed by atoms with Crippen molar-refractivity contribution in [1.82, 2.24) is 0 Å². The summed E-state index contributed by atoms with van der Waals surface area (Å²) in [6, 6.07) is 0. The number of hydrogen-bond donors (Lipinski definition) is 0. The van der Waals surface area contributed by atoms with Gasteiger partial charge in [-0.1, -0.05) is 12.2 Å². The van der Waals surface area contributed by atoms with Gasteiger partial charge in [-0.05, 0) is 6.92 Å². The van der Waals surface area contributed by atoms with E-state index in [2.05, 4.69) is 0 Å². The molecule has 10 heavy (non-hydrogen) atoms. The van der Waals surface area contributed by atoms with E-state index in [0.29, 0.717) is 18.6 Å². The summed E-state index contributed by atoms with van der Waals surface area (Å²) in [6.45, 7) is 1.96. The summed E-state index contributed by atoms with van der Waals surface area (Å²) in [4.78, 5) is 11.0. The molecule has 2 unspecified atom stereocenters. The van der Waals surface area contributed by atoms with Crippen molar-refractivity contribution < 1.29 is 9.53 Å². The monoisotopic (exact) mass is 138 g/mol. The van der Waals surface area contributed by atoms with Gasteiger partial charge in [0.05, 0.1) is 11.7 Å². The minimum absolute atomic E-state index is 0.0752. The van der Waals surface area contributed by atoms with E-state index in [0.717, 1.165) is 0 Å². The van der Waals surface area contributed by atoms with Crippen molar-refractivity contribution >= 4 is 5.78 Å². The third kappa shape index (κ3) is 0.797. The number of hydrogen-bond acceptors (Lipinski definition) is 2. The van der Waals surface area contributed by atoms with Crippen molar-refractivity contribution in [3.63, 3.8) is 0 Å². The van der Waals surface area contributed by atoms with Gasteiger partial charge in [0.15, 0.2) is 0 Å². The lowest BCUT2D eigenvalue weighted by molar-refractivity contribution is -0.135. The third-order valence-electron chi connectivity index (χ3n) is 2.06. The van der Waals surface area contributed by atoms with Gasteiger partial charge in [0.1, 0.15) is 5.78 Å². The molecule has 0 spiro atoms. The van der Waals surface area contributed by atoms with Gasteiger partial charge >= 0.3 is 0 Å². The second-order valence-corrected chi connectivity index (χ2v) is 3.25. The zero-order valence-corrected chi connectivity index (χ0v) is 5.96. The van der Waals surface area contributed by atoms with Crippen LogP contribution >= 0.6 is 0 Å². The SMILES string of the molecule is CC12C=CC(CC(=O)C1)O2. The van der Waals surface area contributed by atoms with E-state index in [1.165, 1.54) is 0 Å². The standard InChI is InChI=1S/C8H10O2/c1-8-3-2-7(10-8)4-6(9)5-8/h2-3,7H,4-5H2,1H3. The molecule has 0 aliphatic carbocycles. The van der Waals surface area contributed by atoms with Crippen molar-refractivity contribution in [2.75, 3.05) is 0 Å². The smallest absolute Gasteiger partial charge is 0.139 e. The van der Waals surface area contributed by atoms with E-state index in [4.69, 9.17) is 4.74 Å². The maximum atomic E-state index is 11.0. The minimum Gasteiger partial charge on any atom is -0.363 e. The Hall–Kier alpha value is -0.630. The quantitative estimate of drug-likeness (QED) is 0.468.